The molecular weight excluding hydrogens is 424 g/mol. The first-order chi connectivity index (χ1) is 15.5. The van der Waals surface area contributed by atoms with E-state index in [0.29, 0.717) is 30.5 Å². The Labute approximate surface area is 190 Å². The van der Waals surface area contributed by atoms with Crippen molar-refractivity contribution in [3.8, 4) is 6.19 Å². The molecule has 4 rings (SSSR count). The monoisotopic (exact) mass is 448 g/mol. The van der Waals surface area contributed by atoms with Crippen LogP contribution in [0.15, 0.2) is 47.7 Å². The van der Waals surface area contributed by atoms with Crippen LogP contribution < -0.4 is 16.0 Å². The zero-order valence-electron chi connectivity index (χ0n) is 17.9. The predicted octanol–water partition coefficient (Wildman–Crippen LogP) is 2.89. The first kappa shape index (κ1) is 21.5. The molecule has 2 aromatic heterocycles. The summed E-state index contributed by atoms with van der Waals surface area (Å²) in [6.07, 6.45) is 5.23. The topological polar surface area (TPSA) is 124 Å². The molecule has 3 N–H and O–H groups in total. The summed E-state index contributed by atoms with van der Waals surface area (Å²) >= 11 is 1.30. The van der Waals surface area contributed by atoms with Gasteiger partial charge in [0.1, 0.15) is 4.88 Å². The van der Waals surface area contributed by atoms with E-state index in [4.69, 9.17) is 5.73 Å². The molecule has 9 nitrogen and oxygen atoms in total. The van der Waals surface area contributed by atoms with Gasteiger partial charge in [0.05, 0.1) is 23.4 Å². The molecule has 1 saturated heterocycles. The Hall–Kier alpha value is -3.71. The molecule has 1 unspecified atom stereocenters. The minimum atomic E-state index is -0.468. The van der Waals surface area contributed by atoms with Gasteiger partial charge in [-0.3, -0.25) is 9.78 Å². The van der Waals surface area contributed by atoms with Gasteiger partial charge in [-0.15, -0.1) is 4.99 Å². The number of anilines is 2. The number of piperazine rings is 1. The lowest BCUT2D eigenvalue weighted by Crippen LogP contribution is -2.58. The van der Waals surface area contributed by atoms with Crippen molar-refractivity contribution in [3.05, 3.63) is 47.6 Å². The van der Waals surface area contributed by atoms with E-state index in [1.807, 2.05) is 36.5 Å². The average Bonchev–Trinajstić information content (AvgIpc) is 3.29. The average molecular weight is 449 g/mol. The molecule has 10 heteroatoms. The molecule has 0 aliphatic carbocycles. The maximum Gasteiger partial charge on any atom is 0.260 e. The molecule has 0 bridgehead atoms. The Morgan fingerprint density at radius 2 is 2.16 bits per heavy atom. The number of nitrogens with one attached hydrogen (secondary N) is 1. The Morgan fingerprint density at radius 1 is 1.31 bits per heavy atom. The number of nitrogens with two attached hydrogens (primary N) is 1. The fraction of sp³-hybridized carbons (Fsp3) is 0.318. The Kier molecular flexibility index (Phi) is 6.18. The van der Waals surface area contributed by atoms with Gasteiger partial charge >= 0.3 is 0 Å². The maximum absolute atomic E-state index is 11.5. The second-order valence-corrected chi connectivity index (χ2v) is 8.87. The summed E-state index contributed by atoms with van der Waals surface area (Å²) in [5.41, 5.74) is 7.10. The summed E-state index contributed by atoms with van der Waals surface area (Å²) in [5.74, 6) is 0.331. The van der Waals surface area contributed by atoms with Crippen molar-refractivity contribution in [1.82, 2.24) is 14.9 Å². The van der Waals surface area contributed by atoms with Gasteiger partial charge in [0, 0.05) is 31.2 Å². The Bertz CT molecular complexity index is 1190. The summed E-state index contributed by atoms with van der Waals surface area (Å²) in [4.78, 5) is 29.1. The van der Waals surface area contributed by atoms with Crippen LogP contribution in [-0.4, -0.2) is 52.4 Å². The number of fused-ring (bicyclic) bond motifs is 1. The van der Waals surface area contributed by atoms with Gasteiger partial charge in [0.2, 0.25) is 12.2 Å². The number of amides is 1. The maximum atomic E-state index is 11.5. The number of carbonyl (C=O) groups excluding carboxylic acids is 1. The largest absolute Gasteiger partial charge is 0.365 e. The van der Waals surface area contributed by atoms with E-state index in [2.05, 4.69) is 43.9 Å². The minimum Gasteiger partial charge on any atom is -0.365 e. The third-order valence-electron chi connectivity index (χ3n) is 5.52. The highest BCUT2D eigenvalue weighted by Gasteiger charge is 2.33. The highest BCUT2D eigenvalue weighted by Crippen LogP contribution is 2.28. The van der Waals surface area contributed by atoms with Gasteiger partial charge in [-0.1, -0.05) is 31.3 Å². The van der Waals surface area contributed by atoms with Crippen molar-refractivity contribution in [1.29, 1.82) is 5.26 Å². The lowest BCUT2D eigenvalue weighted by atomic mass is 10.00. The number of carbonyl (C=O) groups is 1. The van der Waals surface area contributed by atoms with E-state index in [-0.39, 0.29) is 12.0 Å². The smallest absolute Gasteiger partial charge is 0.260 e. The molecule has 32 heavy (non-hydrogen) atoms. The SMILES string of the molecule is CC(C)C1CN(c2ncc(C(N)=O)s2)CCN1/C(=N\C#N)Nc1cccc2ncccc12. The van der Waals surface area contributed by atoms with Crippen LogP contribution in [0.3, 0.4) is 0 Å². The van der Waals surface area contributed by atoms with Crippen LogP contribution in [0.4, 0.5) is 10.8 Å². The molecule has 164 valence electrons. The normalized spacial score (nSPS) is 16.9. The lowest BCUT2D eigenvalue weighted by molar-refractivity contribution is 0.100. The summed E-state index contributed by atoms with van der Waals surface area (Å²) < 4.78 is 0. The molecule has 3 aromatic rings. The molecule has 1 aromatic carbocycles. The van der Waals surface area contributed by atoms with Crippen LogP contribution in [0.2, 0.25) is 0 Å². The third kappa shape index (κ3) is 4.33. The van der Waals surface area contributed by atoms with Crippen LogP contribution in [0.25, 0.3) is 10.9 Å². The molecule has 1 aliphatic rings. The zero-order valence-corrected chi connectivity index (χ0v) is 18.7. The molecule has 1 fully saturated rings. The number of nitrogens with zero attached hydrogens (tertiary/aromatic N) is 6. The van der Waals surface area contributed by atoms with Crippen molar-refractivity contribution in [3.63, 3.8) is 0 Å². The number of primary amides is 1. The number of guanidine groups is 1. The van der Waals surface area contributed by atoms with Crippen LogP contribution >= 0.6 is 11.3 Å². The number of aliphatic imine (C=N–C) groups is 1. The first-order valence-corrected chi connectivity index (χ1v) is 11.1. The summed E-state index contributed by atoms with van der Waals surface area (Å²) in [6.45, 7) is 6.29. The molecule has 0 spiro atoms. The summed E-state index contributed by atoms with van der Waals surface area (Å²) in [7, 11) is 0. The summed E-state index contributed by atoms with van der Waals surface area (Å²) in [6, 6.07) is 9.80. The number of pyridine rings is 1. The highest BCUT2D eigenvalue weighted by atomic mass is 32.1. The second kappa shape index (κ2) is 9.20. The quantitative estimate of drug-likeness (QED) is 0.357. The number of aromatic nitrogens is 2. The third-order valence-corrected chi connectivity index (χ3v) is 6.59. The second-order valence-electron chi connectivity index (χ2n) is 7.86. The predicted molar refractivity (Wildman–Crippen MR) is 127 cm³/mol. The molecular formula is C22H24N8OS. The number of nitriles is 1. The number of hydrogen-bond donors (Lipinski definition) is 2. The van der Waals surface area contributed by atoms with Crippen LogP contribution in [0, 0.1) is 17.4 Å². The minimum absolute atomic E-state index is 0.0809. The number of rotatable bonds is 4. The fourth-order valence-corrected chi connectivity index (χ4v) is 4.69. The van der Waals surface area contributed by atoms with E-state index in [0.717, 1.165) is 21.7 Å². The molecule has 3 heterocycles. The number of benzene rings is 1. The van der Waals surface area contributed by atoms with Gasteiger partial charge < -0.3 is 20.9 Å². The van der Waals surface area contributed by atoms with E-state index in [9.17, 15) is 10.1 Å². The van der Waals surface area contributed by atoms with Crippen molar-refractivity contribution in [2.75, 3.05) is 29.9 Å². The van der Waals surface area contributed by atoms with Crippen LogP contribution in [0.5, 0.6) is 0 Å². The fourth-order valence-electron chi connectivity index (χ4n) is 3.89. The molecule has 0 radical (unpaired) electrons. The van der Waals surface area contributed by atoms with Gasteiger partial charge in [0.25, 0.3) is 5.91 Å². The van der Waals surface area contributed by atoms with E-state index < -0.39 is 5.91 Å². The lowest BCUT2D eigenvalue weighted by Gasteiger charge is -2.44. The van der Waals surface area contributed by atoms with Gasteiger partial charge in [-0.2, -0.15) is 5.26 Å². The highest BCUT2D eigenvalue weighted by molar-refractivity contribution is 7.17. The van der Waals surface area contributed by atoms with Crippen molar-refractivity contribution < 1.29 is 4.79 Å². The Balaban J connectivity index is 1.60. The van der Waals surface area contributed by atoms with Crippen LogP contribution in [-0.2, 0) is 0 Å². The van der Waals surface area contributed by atoms with Crippen molar-refractivity contribution in [2.24, 2.45) is 16.6 Å². The molecule has 1 amide bonds. The van der Waals surface area contributed by atoms with E-state index >= 15 is 0 Å². The first-order valence-electron chi connectivity index (χ1n) is 10.3. The zero-order chi connectivity index (χ0) is 22.7. The van der Waals surface area contributed by atoms with Crippen molar-refractivity contribution >= 4 is 44.9 Å². The van der Waals surface area contributed by atoms with Crippen molar-refractivity contribution in [2.45, 2.75) is 19.9 Å². The Morgan fingerprint density at radius 3 is 2.88 bits per heavy atom. The number of hydrogen-bond acceptors (Lipinski definition) is 7. The summed E-state index contributed by atoms with van der Waals surface area (Å²) in [5, 5.41) is 14.5. The molecule has 1 aliphatic heterocycles. The molecule has 0 saturated carbocycles. The van der Waals surface area contributed by atoms with Gasteiger partial charge in [0.15, 0.2) is 5.13 Å². The number of thiazole rings is 1. The van der Waals surface area contributed by atoms with Crippen LogP contribution in [0.1, 0.15) is 23.5 Å². The van der Waals surface area contributed by atoms with E-state index in [1.165, 1.54) is 17.5 Å². The van der Waals surface area contributed by atoms with Gasteiger partial charge in [-0.05, 0) is 30.2 Å². The molecule has 1 atom stereocenters. The van der Waals surface area contributed by atoms with Gasteiger partial charge in [-0.25, -0.2) is 4.98 Å². The van der Waals surface area contributed by atoms with E-state index in [1.54, 1.807) is 6.20 Å². The standard InChI is InChI=1S/C22H24N8OS/c1-14(2)18-12-29(22-26-11-19(32-22)20(24)31)9-10-30(18)21(27-13-23)28-17-7-3-6-16-15(17)5-4-8-25-16/h3-8,11,14,18H,9-10,12H2,1-2H3,(H2,24,31)(H,27,28).